The molecule has 1 aliphatic rings. The van der Waals surface area contributed by atoms with E-state index in [-0.39, 0.29) is 0 Å². The van der Waals surface area contributed by atoms with Crippen LogP contribution < -0.4 is 4.90 Å². The molecule has 0 atom stereocenters. The van der Waals surface area contributed by atoms with Crippen LogP contribution in [-0.4, -0.2) is 23.1 Å². The Morgan fingerprint density at radius 1 is 1.13 bits per heavy atom. The molecular formula is C18H16N4O. The van der Waals surface area contributed by atoms with Crippen LogP contribution in [0.5, 0.6) is 0 Å². The van der Waals surface area contributed by atoms with E-state index in [0.717, 1.165) is 48.7 Å². The highest BCUT2D eigenvalue weighted by Gasteiger charge is 2.26. The minimum Gasteiger partial charge on any atom is -0.440 e. The van der Waals surface area contributed by atoms with Crippen molar-refractivity contribution in [3.8, 4) is 6.07 Å². The predicted octanol–water partition coefficient (Wildman–Crippen LogP) is 3.48. The van der Waals surface area contributed by atoms with E-state index in [1.807, 2.05) is 30.3 Å². The van der Waals surface area contributed by atoms with Gasteiger partial charge in [0, 0.05) is 25.2 Å². The predicted molar refractivity (Wildman–Crippen MR) is 87.1 cm³/mol. The fourth-order valence-corrected chi connectivity index (χ4v) is 3.14. The number of oxazole rings is 1. The standard InChI is InChI=1S/C18H16N4O/c19-12-14-4-3-9-20-17(14)22-10-7-13(8-11-22)18-21-15-5-1-2-6-16(15)23-18/h1-6,9,13H,7-8,10-11H2. The van der Waals surface area contributed by atoms with Gasteiger partial charge in [0.2, 0.25) is 0 Å². The Kier molecular flexibility index (Phi) is 3.43. The molecule has 0 saturated carbocycles. The maximum Gasteiger partial charge on any atom is 0.198 e. The second kappa shape index (κ2) is 5.73. The Morgan fingerprint density at radius 3 is 2.74 bits per heavy atom. The Labute approximate surface area is 134 Å². The molecule has 1 aliphatic heterocycles. The van der Waals surface area contributed by atoms with Crippen LogP contribution in [-0.2, 0) is 0 Å². The smallest absolute Gasteiger partial charge is 0.198 e. The Morgan fingerprint density at radius 2 is 1.96 bits per heavy atom. The highest BCUT2D eigenvalue weighted by Crippen LogP contribution is 2.31. The number of aromatic nitrogens is 2. The quantitative estimate of drug-likeness (QED) is 0.725. The summed E-state index contributed by atoms with van der Waals surface area (Å²) in [6.45, 7) is 1.71. The molecule has 2 aromatic heterocycles. The second-order valence-electron chi connectivity index (χ2n) is 5.77. The van der Waals surface area contributed by atoms with Gasteiger partial charge in [-0.2, -0.15) is 5.26 Å². The maximum atomic E-state index is 9.22. The van der Waals surface area contributed by atoms with Crippen molar-refractivity contribution in [1.82, 2.24) is 9.97 Å². The molecule has 5 heteroatoms. The van der Waals surface area contributed by atoms with E-state index in [4.69, 9.17) is 4.42 Å². The Balaban J connectivity index is 1.52. The lowest BCUT2D eigenvalue weighted by molar-refractivity contribution is 0.406. The molecule has 1 saturated heterocycles. The lowest BCUT2D eigenvalue weighted by Gasteiger charge is -2.31. The molecule has 0 bridgehead atoms. The first-order valence-corrected chi connectivity index (χ1v) is 7.80. The van der Waals surface area contributed by atoms with Crippen molar-refractivity contribution in [2.24, 2.45) is 0 Å². The van der Waals surface area contributed by atoms with Gasteiger partial charge in [0.1, 0.15) is 17.4 Å². The van der Waals surface area contributed by atoms with Crippen molar-refractivity contribution in [3.63, 3.8) is 0 Å². The number of hydrogen-bond acceptors (Lipinski definition) is 5. The number of hydrogen-bond donors (Lipinski definition) is 0. The third-order valence-electron chi connectivity index (χ3n) is 4.36. The summed E-state index contributed by atoms with van der Waals surface area (Å²) in [6.07, 6.45) is 3.64. The van der Waals surface area contributed by atoms with Gasteiger partial charge in [0.05, 0.1) is 5.56 Å². The molecule has 4 rings (SSSR count). The zero-order valence-corrected chi connectivity index (χ0v) is 12.6. The monoisotopic (exact) mass is 304 g/mol. The van der Waals surface area contributed by atoms with Gasteiger partial charge in [0.15, 0.2) is 11.5 Å². The maximum absolute atomic E-state index is 9.22. The number of benzene rings is 1. The number of nitrogens with zero attached hydrogens (tertiary/aromatic N) is 4. The lowest BCUT2D eigenvalue weighted by atomic mass is 9.96. The first-order valence-electron chi connectivity index (χ1n) is 7.80. The molecule has 0 amide bonds. The number of fused-ring (bicyclic) bond motifs is 1. The van der Waals surface area contributed by atoms with Gasteiger partial charge in [-0.25, -0.2) is 9.97 Å². The van der Waals surface area contributed by atoms with Crippen molar-refractivity contribution in [3.05, 3.63) is 54.0 Å². The summed E-state index contributed by atoms with van der Waals surface area (Å²) in [7, 11) is 0. The number of rotatable bonds is 2. The summed E-state index contributed by atoms with van der Waals surface area (Å²) in [6, 6.07) is 13.7. The van der Waals surface area contributed by atoms with Crippen LogP contribution in [0.2, 0.25) is 0 Å². The summed E-state index contributed by atoms with van der Waals surface area (Å²) < 4.78 is 5.90. The summed E-state index contributed by atoms with van der Waals surface area (Å²) in [5.74, 6) is 1.94. The molecular weight excluding hydrogens is 288 g/mol. The van der Waals surface area contributed by atoms with Gasteiger partial charge in [-0.05, 0) is 37.1 Å². The van der Waals surface area contributed by atoms with Gasteiger partial charge >= 0.3 is 0 Å². The van der Waals surface area contributed by atoms with Crippen molar-refractivity contribution < 1.29 is 4.42 Å². The minimum atomic E-state index is 0.327. The van der Waals surface area contributed by atoms with Crippen molar-refractivity contribution in [2.75, 3.05) is 18.0 Å². The van der Waals surface area contributed by atoms with Crippen molar-refractivity contribution in [2.45, 2.75) is 18.8 Å². The topological polar surface area (TPSA) is 66.0 Å². The minimum absolute atomic E-state index is 0.327. The van der Waals surface area contributed by atoms with Crippen LogP contribution >= 0.6 is 0 Å². The average Bonchev–Trinajstić information content (AvgIpc) is 3.06. The van der Waals surface area contributed by atoms with Gasteiger partial charge < -0.3 is 9.32 Å². The Hall–Kier alpha value is -2.87. The molecule has 1 fully saturated rings. The van der Waals surface area contributed by atoms with Crippen LogP contribution in [0.1, 0.15) is 30.2 Å². The van der Waals surface area contributed by atoms with Gasteiger partial charge in [-0.15, -0.1) is 0 Å². The first kappa shape index (κ1) is 13.8. The number of nitriles is 1. The van der Waals surface area contributed by atoms with Gasteiger partial charge in [-0.3, -0.25) is 0 Å². The van der Waals surface area contributed by atoms with Crippen molar-refractivity contribution in [1.29, 1.82) is 5.26 Å². The second-order valence-corrected chi connectivity index (χ2v) is 5.77. The molecule has 0 aliphatic carbocycles. The van der Waals surface area contributed by atoms with Crippen LogP contribution in [0.15, 0.2) is 47.0 Å². The van der Waals surface area contributed by atoms with Crippen molar-refractivity contribution >= 4 is 16.9 Å². The highest BCUT2D eigenvalue weighted by molar-refractivity contribution is 5.72. The van der Waals surface area contributed by atoms with Gasteiger partial charge in [0.25, 0.3) is 0 Å². The lowest BCUT2D eigenvalue weighted by Crippen LogP contribution is -2.34. The van der Waals surface area contributed by atoms with E-state index in [9.17, 15) is 5.26 Å². The van der Waals surface area contributed by atoms with E-state index >= 15 is 0 Å². The van der Waals surface area contributed by atoms with E-state index in [2.05, 4.69) is 20.9 Å². The molecule has 3 aromatic rings. The van der Waals surface area contributed by atoms with Gasteiger partial charge in [-0.1, -0.05) is 12.1 Å². The number of para-hydroxylation sites is 2. The van der Waals surface area contributed by atoms with E-state index in [1.165, 1.54) is 0 Å². The molecule has 0 N–H and O–H groups in total. The normalized spacial score (nSPS) is 15.7. The summed E-state index contributed by atoms with van der Waals surface area (Å²) >= 11 is 0. The fourth-order valence-electron chi connectivity index (χ4n) is 3.14. The molecule has 3 heterocycles. The molecule has 1 aromatic carbocycles. The zero-order valence-electron chi connectivity index (χ0n) is 12.6. The number of anilines is 1. The SMILES string of the molecule is N#Cc1cccnc1N1CCC(c2nc3ccccc3o2)CC1. The summed E-state index contributed by atoms with van der Waals surface area (Å²) in [5, 5.41) is 9.22. The van der Waals surface area contributed by atoms with Crippen LogP contribution in [0.25, 0.3) is 11.1 Å². The molecule has 5 nitrogen and oxygen atoms in total. The Bertz CT molecular complexity index is 839. The first-order chi connectivity index (χ1) is 11.3. The van der Waals surface area contributed by atoms with Crippen LogP contribution in [0.4, 0.5) is 5.82 Å². The molecule has 0 unspecified atom stereocenters. The molecule has 0 spiro atoms. The largest absolute Gasteiger partial charge is 0.440 e. The van der Waals surface area contributed by atoms with Crippen LogP contribution in [0, 0.1) is 11.3 Å². The third kappa shape index (κ3) is 2.53. The number of pyridine rings is 1. The highest BCUT2D eigenvalue weighted by atomic mass is 16.3. The molecule has 114 valence electrons. The van der Waals surface area contributed by atoms with E-state index < -0.39 is 0 Å². The average molecular weight is 304 g/mol. The number of piperidine rings is 1. The zero-order chi connectivity index (χ0) is 15.6. The molecule has 23 heavy (non-hydrogen) atoms. The molecule has 0 radical (unpaired) electrons. The summed E-state index contributed by atoms with van der Waals surface area (Å²) in [4.78, 5) is 11.2. The third-order valence-corrected chi connectivity index (χ3v) is 4.36. The van der Waals surface area contributed by atoms with E-state index in [1.54, 1.807) is 12.3 Å². The van der Waals surface area contributed by atoms with E-state index in [0.29, 0.717) is 11.5 Å². The van der Waals surface area contributed by atoms with Crippen LogP contribution in [0.3, 0.4) is 0 Å². The fraction of sp³-hybridized carbons (Fsp3) is 0.278. The summed E-state index contributed by atoms with van der Waals surface area (Å²) in [5.41, 5.74) is 2.40.